The van der Waals surface area contributed by atoms with Gasteiger partial charge in [0.25, 0.3) is 0 Å². The SMILES string of the molecule is CN(c1ncccc1S(C)(=O)=O)C1CNC1. The number of hydrogen-bond donors (Lipinski definition) is 1. The normalized spacial score (nSPS) is 16.9. The van der Waals surface area contributed by atoms with Crippen molar-refractivity contribution in [2.24, 2.45) is 0 Å². The summed E-state index contributed by atoms with van der Waals surface area (Å²) in [5, 5.41) is 3.15. The van der Waals surface area contributed by atoms with Gasteiger partial charge < -0.3 is 10.2 Å². The number of hydrogen-bond acceptors (Lipinski definition) is 5. The van der Waals surface area contributed by atoms with Crippen LogP contribution in [0.1, 0.15) is 0 Å². The van der Waals surface area contributed by atoms with Crippen LogP contribution in [-0.4, -0.2) is 45.8 Å². The fraction of sp³-hybridized carbons (Fsp3) is 0.500. The van der Waals surface area contributed by atoms with Gasteiger partial charge in [0.1, 0.15) is 10.7 Å². The smallest absolute Gasteiger partial charge is 0.179 e. The molecule has 1 aromatic rings. The maximum atomic E-state index is 11.6. The molecule has 0 aliphatic carbocycles. The van der Waals surface area contributed by atoms with Crippen LogP contribution in [0.3, 0.4) is 0 Å². The van der Waals surface area contributed by atoms with Gasteiger partial charge in [-0.25, -0.2) is 13.4 Å². The van der Waals surface area contributed by atoms with Gasteiger partial charge in [-0.3, -0.25) is 0 Å². The molecular formula is C10H15N3O2S. The maximum Gasteiger partial charge on any atom is 0.179 e. The van der Waals surface area contributed by atoms with Crippen molar-refractivity contribution in [2.75, 3.05) is 31.3 Å². The Morgan fingerprint density at radius 1 is 1.50 bits per heavy atom. The van der Waals surface area contributed by atoms with E-state index in [9.17, 15) is 8.42 Å². The van der Waals surface area contributed by atoms with Gasteiger partial charge >= 0.3 is 0 Å². The number of nitrogens with zero attached hydrogens (tertiary/aromatic N) is 2. The van der Waals surface area contributed by atoms with Gasteiger partial charge in [0.15, 0.2) is 9.84 Å². The van der Waals surface area contributed by atoms with Crippen molar-refractivity contribution < 1.29 is 8.42 Å². The van der Waals surface area contributed by atoms with E-state index in [1.54, 1.807) is 18.3 Å². The van der Waals surface area contributed by atoms with E-state index in [4.69, 9.17) is 0 Å². The van der Waals surface area contributed by atoms with Crippen LogP contribution in [0.25, 0.3) is 0 Å². The Hall–Kier alpha value is -1.14. The largest absolute Gasteiger partial charge is 0.353 e. The Bertz CT molecular complexity index is 483. The minimum atomic E-state index is -3.22. The van der Waals surface area contributed by atoms with E-state index in [1.807, 2.05) is 11.9 Å². The number of rotatable bonds is 3. The second kappa shape index (κ2) is 4.03. The lowest BCUT2D eigenvalue weighted by atomic mass is 10.1. The van der Waals surface area contributed by atoms with Crippen LogP contribution in [0.15, 0.2) is 23.2 Å². The van der Waals surface area contributed by atoms with Crippen molar-refractivity contribution >= 4 is 15.7 Å². The first kappa shape index (κ1) is 11.3. The number of likely N-dealkylation sites (N-methyl/N-ethyl adjacent to an activating group) is 1. The fourth-order valence-corrected chi connectivity index (χ4v) is 2.51. The Balaban J connectivity index is 2.39. The van der Waals surface area contributed by atoms with E-state index in [1.165, 1.54) is 6.26 Å². The molecular weight excluding hydrogens is 226 g/mol. The molecule has 0 radical (unpaired) electrons. The second-order valence-electron chi connectivity index (χ2n) is 4.02. The van der Waals surface area contributed by atoms with Crippen LogP contribution in [-0.2, 0) is 9.84 Å². The lowest BCUT2D eigenvalue weighted by molar-refractivity contribution is 0.425. The average molecular weight is 241 g/mol. The molecule has 1 N–H and O–H groups in total. The van der Waals surface area contributed by atoms with Gasteiger partial charge in [0.2, 0.25) is 0 Å². The third-order valence-corrected chi connectivity index (χ3v) is 3.91. The molecule has 16 heavy (non-hydrogen) atoms. The molecule has 1 saturated heterocycles. The molecule has 2 heterocycles. The maximum absolute atomic E-state index is 11.6. The zero-order chi connectivity index (χ0) is 11.8. The molecule has 1 aliphatic heterocycles. The molecule has 0 saturated carbocycles. The number of nitrogens with one attached hydrogen (secondary N) is 1. The predicted molar refractivity (Wildman–Crippen MR) is 62.4 cm³/mol. The first-order chi connectivity index (χ1) is 7.50. The summed E-state index contributed by atoms with van der Waals surface area (Å²) in [5.41, 5.74) is 0. The van der Waals surface area contributed by atoms with Gasteiger partial charge in [-0.1, -0.05) is 0 Å². The first-order valence-electron chi connectivity index (χ1n) is 5.09. The van der Waals surface area contributed by atoms with E-state index in [2.05, 4.69) is 10.3 Å². The monoisotopic (exact) mass is 241 g/mol. The second-order valence-corrected chi connectivity index (χ2v) is 6.00. The molecule has 0 amide bonds. The van der Waals surface area contributed by atoms with Crippen molar-refractivity contribution in [3.8, 4) is 0 Å². The van der Waals surface area contributed by atoms with Gasteiger partial charge in [-0.2, -0.15) is 0 Å². The lowest BCUT2D eigenvalue weighted by Crippen LogP contribution is -2.56. The van der Waals surface area contributed by atoms with Gasteiger partial charge in [-0.15, -0.1) is 0 Å². The molecule has 0 atom stereocenters. The van der Waals surface area contributed by atoms with Crippen LogP contribution in [0.2, 0.25) is 0 Å². The number of aromatic nitrogens is 1. The van der Waals surface area contributed by atoms with Gasteiger partial charge in [0.05, 0.1) is 6.04 Å². The highest BCUT2D eigenvalue weighted by Gasteiger charge is 2.26. The summed E-state index contributed by atoms with van der Waals surface area (Å²) >= 11 is 0. The summed E-state index contributed by atoms with van der Waals surface area (Å²) in [6.45, 7) is 1.74. The topological polar surface area (TPSA) is 62.3 Å². The molecule has 0 bridgehead atoms. The van der Waals surface area contributed by atoms with Crippen molar-refractivity contribution in [2.45, 2.75) is 10.9 Å². The third kappa shape index (κ3) is 2.03. The average Bonchev–Trinajstić information content (AvgIpc) is 2.13. The predicted octanol–water partition coefficient (Wildman–Crippen LogP) is -0.107. The summed E-state index contributed by atoms with van der Waals surface area (Å²) in [6, 6.07) is 3.57. The Morgan fingerprint density at radius 2 is 2.19 bits per heavy atom. The van der Waals surface area contributed by atoms with Gasteiger partial charge in [0, 0.05) is 32.6 Å². The molecule has 1 fully saturated rings. The van der Waals surface area contributed by atoms with Crippen molar-refractivity contribution in [3.63, 3.8) is 0 Å². The van der Waals surface area contributed by atoms with Crippen molar-refractivity contribution in [1.82, 2.24) is 10.3 Å². The highest BCUT2D eigenvalue weighted by atomic mass is 32.2. The van der Waals surface area contributed by atoms with Crippen LogP contribution in [0.4, 0.5) is 5.82 Å². The van der Waals surface area contributed by atoms with Crippen LogP contribution >= 0.6 is 0 Å². The Labute approximate surface area is 95.4 Å². The van der Waals surface area contributed by atoms with E-state index < -0.39 is 9.84 Å². The number of anilines is 1. The molecule has 1 aliphatic rings. The molecule has 88 valence electrons. The minimum Gasteiger partial charge on any atom is -0.353 e. The summed E-state index contributed by atoms with van der Waals surface area (Å²) < 4.78 is 23.2. The standard InChI is InChI=1S/C10H15N3O2S/c1-13(8-6-11-7-8)10-9(16(2,14)15)4-3-5-12-10/h3-5,8,11H,6-7H2,1-2H3. The van der Waals surface area contributed by atoms with E-state index in [0.717, 1.165) is 13.1 Å². The Kier molecular flexibility index (Phi) is 2.86. The molecule has 2 rings (SSSR count). The van der Waals surface area contributed by atoms with Crippen LogP contribution < -0.4 is 10.2 Å². The first-order valence-corrected chi connectivity index (χ1v) is 6.98. The zero-order valence-electron chi connectivity index (χ0n) is 9.34. The molecule has 0 spiro atoms. The third-order valence-electron chi connectivity index (χ3n) is 2.79. The summed E-state index contributed by atoms with van der Waals surface area (Å²) in [7, 11) is -1.34. The highest BCUT2D eigenvalue weighted by molar-refractivity contribution is 7.90. The molecule has 1 aromatic heterocycles. The molecule has 6 heteroatoms. The molecule has 0 unspecified atom stereocenters. The fourth-order valence-electron chi connectivity index (χ4n) is 1.66. The van der Waals surface area contributed by atoms with E-state index in [0.29, 0.717) is 16.8 Å². The summed E-state index contributed by atoms with van der Waals surface area (Å²) in [6.07, 6.45) is 2.83. The van der Waals surface area contributed by atoms with Crippen molar-refractivity contribution in [1.29, 1.82) is 0 Å². The minimum absolute atomic E-state index is 0.296. The molecule has 5 nitrogen and oxygen atoms in total. The van der Waals surface area contributed by atoms with Gasteiger partial charge in [-0.05, 0) is 12.1 Å². The van der Waals surface area contributed by atoms with E-state index in [-0.39, 0.29) is 0 Å². The number of sulfone groups is 1. The van der Waals surface area contributed by atoms with Crippen molar-refractivity contribution in [3.05, 3.63) is 18.3 Å². The quantitative estimate of drug-likeness (QED) is 0.800. The zero-order valence-corrected chi connectivity index (χ0v) is 10.2. The van der Waals surface area contributed by atoms with E-state index >= 15 is 0 Å². The Morgan fingerprint density at radius 3 is 2.69 bits per heavy atom. The summed E-state index contributed by atoms with van der Waals surface area (Å²) in [5.74, 6) is 0.538. The van der Waals surface area contributed by atoms with Crippen LogP contribution in [0, 0.1) is 0 Å². The number of pyridine rings is 1. The van der Waals surface area contributed by atoms with Crippen LogP contribution in [0.5, 0.6) is 0 Å². The highest BCUT2D eigenvalue weighted by Crippen LogP contribution is 2.23. The summed E-state index contributed by atoms with van der Waals surface area (Å²) in [4.78, 5) is 6.39. The molecule has 0 aromatic carbocycles. The lowest BCUT2D eigenvalue weighted by Gasteiger charge is -2.36.